The van der Waals surface area contributed by atoms with Crippen LogP contribution in [0.15, 0.2) is 18.2 Å². The topological polar surface area (TPSA) is 38.0 Å². The van der Waals surface area contributed by atoms with Gasteiger partial charge in [0.1, 0.15) is 0 Å². The van der Waals surface area contributed by atoms with Crippen LogP contribution < -0.4 is 11.3 Å². The summed E-state index contributed by atoms with van der Waals surface area (Å²) in [4.78, 5) is 0. The molecule has 0 radical (unpaired) electrons. The second kappa shape index (κ2) is 6.06. The van der Waals surface area contributed by atoms with Crippen LogP contribution in [0.2, 0.25) is 0 Å². The summed E-state index contributed by atoms with van der Waals surface area (Å²) in [5.74, 6) is 5.75. The third-order valence-electron chi connectivity index (χ3n) is 4.15. The molecule has 19 heavy (non-hydrogen) atoms. The molecule has 0 saturated carbocycles. The van der Waals surface area contributed by atoms with Crippen LogP contribution in [0.25, 0.3) is 0 Å². The van der Waals surface area contributed by atoms with E-state index in [1.165, 1.54) is 48.8 Å². The molecule has 2 rings (SSSR count). The molecule has 0 spiro atoms. The zero-order valence-corrected chi connectivity index (χ0v) is 12.6. The van der Waals surface area contributed by atoms with Crippen molar-refractivity contribution in [2.24, 2.45) is 11.3 Å². The summed E-state index contributed by atoms with van der Waals surface area (Å²) in [7, 11) is 0. The Labute approximate surface area is 117 Å². The predicted molar refractivity (Wildman–Crippen MR) is 81.8 cm³/mol. The summed E-state index contributed by atoms with van der Waals surface area (Å²) in [6.45, 7) is 6.90. The maximum absolute atomic E-state index is 5.75. The van der Waals surface area contributed by atoms with E-state index < -0.39 is 0 Å². The quantitative estimate of drug-likeness (QED) is 0.622. The SMILES string of the molecule is CC(C)(C)CCCC(NN)c1ccc2c(c1)CCC2. The van der Waals surface area contributed by atoms with Gasteiger partial charge in [-0.3, -0.25) is 11.3 Å². The van der Waals surface area contributed by atoms with Crippen molar-refractivity contribution in [1.29, 1.82) is 0 Å². The first-order chi connectivity index (χ1) is 8.99. The summed E-state index contributed by atoms with van der Waals surface area (Å²) in [6, 6.07) is 7.22. The van der Waals surface area contributed by atoms with E-state index in [-0.39, 0.29) is 0 Å². The fourth-order valence-corrected chi connectivity index (χ4v) is 2.99. The first-order valence-corrected chi connectivity index (χ1v) is 7.57. The van der Waals surface area contributed by atoms with Gasteiger partial charge in [-0.1, -0.05) is 45.4 Å². The molecule has 0 saturated heterocycles. The third-order valence-corrected chi connectivity index (χ3v) is 4.15. The lowest BCUT2D eigenvalue weighted by Gasteiger charge is -2.21. The largest absolute Gasteiger partial charge is 0.271 e. The first-order valence-electron chi connectivity index (χ1n) is 7.57. The average Bonchev–Trinajstić information content (AvgIpc) is 2.80. The summed E-state index contributed by atoms with van der Waals surface area (Å²) >= 11 is 0. The van der Waals surface area contributed by atoms with Gasteiger partial charge in [0.05, 0.1) is 0 Å². The van der Waals surface area contributed by atoms with Crippen LogP contribution in [0.1, 0.15) is 69.2 Å². The van der Waals surface area contributed by atoms with Gasteiger partial charge in [0.15, 0.2) is 0 Å². The molecule has 0 heterocycles. The molecule has 0 bridgehead atoms. The highest BCUT2D eigenvalue weighted by molar-refractivity contribution is 5.36. The van der Waals surface area contributed by atoms with Crippen LogP contribution in [-0.4, -0.2) is 0 Å². The van der Waals surface area contributed by atoms with Crippen LogP contribution >= 0.6 is 0 Å². The number of benzene rings is 1. The van der Waals surface area contributed by atoms with Gasteiger partial charge in [-0.05, 0) is 54.2 Å². The average molecular weight is 260 g/mol. The van der Waals surface area contributed by atoms with Crippen molar-refractivity contribution in [2.45, 2.75) is 65.3 Å². The fraction of sp³-hybridized carbons (Fsp3) is 0.647. The van der Waals surface area contributed by atoms with Crippen LogP contribution in [-0.2, 0) is 12.8 Å². The minimum atomic E-state index is 0.299. The monoisotopic (exact) mass is 260 g/mol. The Hall–Kier alpha value is -0.860. The molecule has 0 fully saturated rings. The first kappa shape index (κ1) is 14.5. The Morgan fingerprint density at radius 2 is 1.95 bits per heavy atom. The molecule has 1 aromatic rings. The highest BCUT2D eigenvalue weighted by Gasteiger charge is 2.16. The lowest BCUT2D eigenvalue weighted by molar-refractivity contribution is 0.344. The smallest absolute Gasteiger partial charge is 0.0460 e. The molecule has 1 atom stereocenters. The zero-order valence-electron chi connectivity index (χ0n) is 12.6. The molecule has 106 valence electrons. The van der Waals surface area contributed by atoms with Crippen molar-refractivity contribution in [2.75, 3.05) is 0 Å². The zero-order chi connectivity index (χ0) is 13.9. The molecule has 0 amide bonds. The van der Waals surface area contributed by atoms with Gasteiger partial charge in [0.25, 0.3) is 0 Å². The minimum absolute atomic E-state index is 0.299. The predicted octanol–water partition coefficient (Wildman–Crippen LogP) is 3.90. The van der Waals surface area contributed by atoms with Gasteiger partial charge in [-0.15, -0.1) is 0 Å². The van der Waals surface area contributed by atoms with E-state index in [4.69, 9.17) is 5.84 Å². The summed E-state index contributed by atoms with van der Waals surface area (Å²) in [5, 5.41) is 0. The number of hydrogen-bond donors (Lipinski definition) is 2. The Morgan fingerprint density at radius 3 is 2.63 bits per heavy atom. The van der Waals surface area contributed by atoms with Crippen molar-refractivity contribution in [3.63, 3.8) is 0 Å². The summed E-state index contributed by atoms with van der Waals surface area (Å²) in [6.07, 6.45) is 7.38. The van der Waals surface area contributed by atoms with Crippen molar-refractivity contribution in [3.8, 4) is 0 Å². The van der Waals surface area contributed by atoms with E-state index in [0.717, 1.165) is 6.42 Å². The highest BCUT2D eigenvalue weighted by Crippen LogP contribution is 2.29. The number of fused-ring (bicyclic) bond motifs is 1. The van der Waals surface area contributed by atoms with Crippen molar-refractivity contribution in [1.82, 2.24) is 5.43 Å². The third kappa shape index (κ3) is 4.05. The molecule has 1 aliphatic rings. The Morgan fingerprint density at radius 1 is 1.21 bits per heavy atom. The molecule has 2 nitrogen and oxygen atoms in total. The Balaban J connectivity index is 1.97. The Bertz CT molecular complexity index is 418. The van der Waals surface area contributed by atoms with Crippen molar-refractivity contribution >= 4 is 0 Å². The number of nitrogens with one attached hydrogen (secondary N) is 1. The maximum atomic E-state index is 5.75. The van der Waals surface area contributed by atoms with E-state index in [1.54, 1.807) is 0 Å². The van der Waals surface area contributed by atoms with E-state index in [0.29, 0.717) is 11.5 Å². The van der Waals surface area contributed by atoms with E-state index in [1.807, 2.05) is 0 Å². The van der Waals surface area contributed by atoms with E-state index >= 15 is 0 Å². The number of aryl methyl sites for hydroxylation is 2. The molecular formula is C17H28N2. The fourth-order valence-electron chi connectivity index (χ4n) is 2.99. The van der Waals surface area contributed by atoms with Crippen LogP contribution in [0.3, 0.4) is 0 Å². The molecule has 0 aromatic heterocycles. The second-order valence-corrected chi connectivity index (χ2v) is 7.05. The van der Waals surface area contributed by atoms with Crippen molar-refractivity contribution in [3.05, 3.63) is 34.9 Å². The molecule has 3 N–H and O–H groups in total. The van der Waals surface area contributed by atoms with Crippen LogP contribution in [0, 0.1) is 5.41 Å². The molecule has 1 unspecified atom stereocenters. The van der Waals surface area contributed by atoms with Gasteiger partial charge < -0.3 is 0 Å². The molecular weight excluding hydrogens is 232 g/mol. The van der Waals surface area contributed by atoms with Crippen LogP contribution in [0.4, 0.5) is 0 Å². The molecule has 0 aliphatic heterocycles. The second-order valence-electron chi connectivity index (χ2n) is 7.05. The maximum Gasteiger partial charge on any atom is 0.0460 e. The molecule has 1 aliphatic carbocycles. The highest BCUT2D eigenvalue weighted by atomic mass is 15.2. The lowest BCUT2D eigenvalue weighted by atomic mass is 9.88. The van der Waals surface area contributed by atoms with Gasteiger partial charge in [0, 0.05) is 6.04 Å². The molecule has 1 aromatic carbocycles. The normalized spacial score (nSPS) is 16.4. The number of hydrazine groups is 1. The van der Waals surface area contributed by atoms with Gasteiger partial charge in [-0.2, -0.15) is 0 Å². The van der Waals surface area contributed by atoms with Gasteiger partial charge >= 0.3 is 0 Å². The van der Waals surface area contributed by atoms with Gasteiger partial charge in [-0.25, -0.2) is 0 Å². The number of rotatable bonds is 5. The summed E-state index contributed by atoms with van der Waals surface area (Å²) < 4.78 is 0. The Kier molecular flexibility index (Phi) is 4.64. The minimum Gasteiger partial charge on any atom is -0.271 e. The van der Waals surface area contributed by atoms with E-state index in [9.17, 15) is 0 Å². The number of nitrogens with two attached hydrogens (primary N) is 1. The molecule has 2 heteroatoms. The standard InChI is InChI=1S/C17H28N2/c1-17(2,3)11-5-8-16(19-18)15-10-9-13-6-4-7-14(13)12-15/h9-10,12,16,19H,4-8,11,18H2,1-3H3. The van der Waals surface area contributed by atoms with Crippen LogP contribution in [0.5, 0.6) is 0 Å². The van der Waals surface area contributed by atoms with E-state index in [2.05, 4.69) is 44.4 Å². The number of hydrogen-bond acceptors (Lipinski definition) is 2. The lowest BCUT2D eigenvalue weighted by Crippen LogP contribution is -2.28. The van der Waals surface area contributed by atoms with Gasteiger partial charge in [0.2, 0.25) is 0 Å². The summed E-state index contributed by atoms with van der Waals surface area (Å²) in [5.41, 5.74) is 7.84. The van der Waals surface area contributed by atoms with Crippen molar-refractivity contribution < 1.29 is 0 Å².